The van der Waals surface area contributed by atoms with Gasteiger partial charge in [-0.05, 0) is 17.6 Å². The minimum Gasteiger partial charge on any atom is -0.377 e. The van der Waals surface area contributed by atoms with Crippen molar-refractivity contribution >= 4 is 72.3 Å². The molecule has 0 aromatic heterocycles. The van der Waals surface area contributed by atoms with E-state index in [9.17, 15) is 14.2 Å². The molecule has 0 fully saturated rings. The summed E-state index contributed by atoms with van der Waals surface area (Å²) >= 11 is 18.8. The Bertz CT molecular complexity index is 395. The molecule has 0 aliphatic carbocycles. The standard InChI is InChI=1S/C5H13O3PS2.C4H8Cl3O4P/c1-7-9(6,8-2)11-5-4-10-3;1-10-12(9,11-2)3(8)4(5,6)7/h4-5H2,1-3H3;3,8H,1-2H3. The van der Waals surface area contributed by atoms with Gasteiger partial charge in [-0.25, -0.2) is 4.57 Å². The van der Waals surface area contributed by atoms with E-state index < -0.39 is 24.0 Å². The molecule has 0 aliphatic heterocycles. The van der Waals surface area contributed by atoms with Crippen molar-refractivity contribution in [3.8, 4) is 0 Å². The van der Waals surface area contributed by atoms with E-state index in [-0.39, 0.29) is 0 Å². The van der Waals surface area contributed by atoms with Crippen molar-refractivity contribution in [3.05, 3.63) is 0 Å². The van der Waals surface area contributed by atoms with Gasteiger partial charge in [-0.3, -0.25) is 4.57 Å². The third-order valence-corrected chi connectivity index (χ3v) is 10.0. The molecule has 142 valence electrons. The predicted octanol–water partition coefficient (Wildman–Crippen LogP) is 4.64. The molecule has 1 unspecified atom stereocenters. The van der Waals surface area contributed by atoms with Crippen molar-refractivity contribution in [1.29, 1.82) is 0 Å². The first-order valence-electron chi connectivity index (χ1n) is 5.77. The Morgan fingerprint density at radius 1 is 1.00 bits per heavy atom. The van der Waals surface area contributed by atoms with Crippen molar-refractivity contribution < 1.29 is 32.3 Å². The number of thioether (sulfide) groups is 1. The second-order valence-electron chi connectivity index (χ2n) is 3.46. The Balaban J connectivity index is 0. The highest BCUT2D eigenvalue weighted by molar-refractivity contribution is 8.55. The molecule has 0 aliphatic rings. The maximum absolute atomic E-state index is 11.3. The Morgan fingerprint density at radius 2 is 1.43 bits per heavy atom. The van der Waals surface area contributed by atoms with Crippen molar-refractivity contribution in [2.75, 3.05) is 46.2 Å². The summed E-state index contributed by atoms with van der Waals surface area (Å²) in [6, 6.07) is 0. The Kier molecular flexibility index (Phi) is 15.4. The average molecular weight is 474 g/mol. The van der Waals surface area contributed by atoms with Crippen molar-refractivity contribution in [1.82, 2.24) is 0 Å². The fourth-order valence-electron chi connectivity index (χ4n) is 0.866. The van der Waals surface area contributed by atoms with E-state index in [1.807, 2.05) is 6.26 Å². The lowest BCUT2D eigenvalue weighted by Crippen LogP contribution is -2.26. The fraction of sp³-hybridized carbons (Fsp3) is 1.00. The molecule has 1 N–H and O–H groups in total. The second kappa shape index (κ2) is 13.1. The summed E-state index contributed by atoms with van der Waals surface area (Å²) in [7, 11) is 1.24. The van der Waals surface area contributed by atoms with Crippen LogP contribution in [0.5, 0.6) is 0 Å². The first-order chi connectivity index (χ1) is 10.5. The van der Waals surface area contributed by atoms with Gasteiger partial charge in [0.15, 0.2) is 0 Å². The molecule has 0 saturated heterocycles. The first-order valence-corrected chi connectivity index (χ1v) is 13.0. The third-order valence-electron chi connectivity index (χ3n) is 2.09. The van der Waals surface area contributed by atoms with Gasteiger partial charge >= 0.3 is 14.4 Å². The van der Waals surface area contributed by atoms with Crippen LogP contribution in [0.1, 0.15) is 0 Å². The van der Waals surface area contributed by atoms with E-state index in [0.717, 1.165) is 25.7 Å². The molecule has 0 spiro atoms. The zero-order chi connectivity index (χ0) is 18.7. The van der Waals surface area contributed by atoms with Crippen LogP contribution in [-0.4, -0.2) is 60.9 Å². The number of aliphatic hydroxyl groups excluding tert-OH is 1. The number of hydrogen-bond donors (Lipinski definition) is 1. The van der Waals surface area contributed by atoms with Crippen LogP contribution >= 0.6 is 72.3 Å². The zero-order valence-corrected chi connectivity index (χ0v) is 18.9. The van der Waals surface area contributed by atoms with E-state index >= 15 is 0 Å². The number of alkyl halides is 3. The van der Waals surface area contributed by atoms with Crippen LogP contribution in [0.4, 0.5) is 0 Å². The molecule has 0 heterocycles. The minimum atomic E-state index is -3.73. The lowest BCUT2D eigenvalue weighted by Gasteiger charge is -2.24. The maximum Gasteiger partial charge on any atom is 0.388 e. The van der Waals surface area contributed by atoms with Crippen molar-refractivity contribution in [2.45, 2.75) is 9.64 Å². The first kappa shape index (κ1) is 27.1. The summed E-state index contributed by atoms with van der Waals surface area (Å²) in [5.74, 6) is -0.0494. The van der Waals surface area contributed by atoms with E-state index in [1.165, 1.54) is 25.6 Å². The number of hydrogen-bond acceptors (Lipinski definition) is 9. The van der Waals surface area contributed by atoms with Gasteiger partial charge in [-0.1, -0.05) is 34.8 Å². The molecule has 0 aromatic carbocycles. The monoisotopic (exact) mass is 472 g/mol. The molecular formula is C9H21Cl3O7P2S2. The highest BCUT2D eigenvalue weighted by atomic mass is 35.6. The van der Waals surface area contributed by atoms with Crippen LogP contribution in [0, 0.1) is 0 Å². The summed E-state index contributed by atoms with van der Waals surface area (Å²) in [5.41, 5.74) is 0. The SMILES string of the molecule is COP(=O)(OC)C(O)C(Cl)(Cl)Cl.COP(=O)(OC)SCCSC. The van der Waals surface area contributed by atoms with Crippen molar-refractivity contribution in [2.24, 2.45) is 0 Å². The normalized spacial score (nSPS) is 14.1. The van der Waals surface area contributed by atoms with Crippen LogP contribution in [0.25, 0.3) is 0 Å². The predicted molar refractivity (Wildman–Crippen MR) is 100 cm³/mol. The van der Waals surface area contributed by atoms with Crippen LogP contribution in [0.3, 0.4) is 0 Å². The van der Waals surface area contributed by atoms with Gasteiger partial charge in [0, 0.05) is 39.9 Å². The maximum atomic E-state index is 11.3. The van der Waals surface area contributed by atoms with E-state index in [2.05, 4.69) is 9.05 Å². The second-order valence-corrected chi connectivity index (χ2v) is 13.5. The van der Waals surface area contributed by atoms with Crippen LogP contribution in [-0.2, 0) is 27.2 Å². The van der Waals surface area contributed by atoms with Gasteiger partial charge in [0.2, 0.25) is 9.64 Å². The third kappa shape index (κ3) is 11.2. The van der Waals surface area contributed by atoms with Gasteiger partial charge in [-0.15, -0.1) is 0 Å². The highest BCUT2D eigenvalue weighted by Crippen LogP contribution is 2.59. The molecule has 7 nitrogen and oxygen atoms in total. The van der Waals surface area contributed by atoms with E-state index in [4.69, 9.17) is 43.9 Å². The average Bonchev–Trinajstić information content (AvgIpc) is 2.53. The summed E-state index contributed by atoms with van der Waals surface area (Å²) in [4.78, 5) is 0. The minimum absolute atomic E-state index is 0.792. The quantitative estimate of drug-likeness (QED) is 0.292. The van der Waals surface area contributed by atoms with Crippen molar-refractivity contribution in [3.63, 3.8) is 0 Å². The van der Waals surface area contributed by atoms with Crippen LogP contribution < -0.4 is 0 Å². The van der Waals surface area contributed by atoms with Crippen LogP contribution in [0.2, 0.25) is 0 Å². The lowest BCUT2D eigenvalue weighted by atomic mass is 10.8. The van der Waals surface area contributed by atoms with Crippen LogP contribution in [0.15, 0.2) is 0 Å². The van der Waals surface area contributed by atoms with Gasteiger partial charge < -0.3 is 23.2 Å². The number of aliphatic hydroxyl groups is 1. The molecule has 14 heteroatoms. The molecule has 0 aromatic rings. The Morgan fingerprint density at radius 3 is 1.65 bits per heavy atom. The summed E-state index contributed by atoms with van der Waals surface area (Å²) in [6.07, 6.45) is 2.01. The summed E-state index contributed by atoms with van der Waals surface area (Å²) in [6.45, 7) is -2.81. The Hall–Kier alpha value is 1.83. The van der Waals surface area contributed by atoms with E-state index in [0.29, 0.717) is 0 Å². The molecule has 0 amide bonds. The largest absolute Gasteiger partial charge is 0.388 e. The molecule has 0 rings (SSSR count). The highest BCUT2D eigenvalue weighted by Gasteiger charge is 2.46. The lowest BCUT2D eigenvalue weighted by molar-refractivity contribution is 0.176. The van der Waals surface area contributed by atoms with E-state index in [1.54, 1.807) is 11.8 Å². The van der Waals surface area contributed by atoms with Gasteiger partial charge in [-0.2, -0.15) is 11.8 Å². The molecule has 23 heavy (non-hydrogen) atoms. The molecule has 0 radical (unpaired) electrons. The molecule has 1 atom stereocenters. The number of rotatable bonds is 9. The smallest absolute Gasteiger partial charge is 0.377 e. The molecule has 0 bridgehead atoms. The topological polar surface area (TPSA) is 91.3 Å². The zero-order valence-electron chi connectivity index (χ0n) is 13.2. The van der Waals surface area contributed by atoms with Gasteiger partial charge in [0.1, 0.15) is 0 Å². The fourth-order valence-corrected chi connectivity index (χ4v) is 6.37. The summed E-state index contributed by atoms with van der Waals surface area (Å²) < 4.78 is 38.8. The van der Waals surface area contributed by atoms with Gasteiger partial charge in [0.25, 0.3) is 0 Å². The van der Waals surface area contributed by atoms with Gasteiger partial charge in [0.05, 0.1) is 0 Å². The molecule has 0 saturated carbocycles. The summed E-state index contributed by atoms with van der Waals surface area (Å²) in [5, 5.41) is 9.20. The molecular weight excluding hydrogens is 453 g/mol. The number of halogens is 3. The Labute approximate surface area is 160 Å².